The molecule has 0 aliphatic heterocycles. The summed E-state index contributed by atoms with van der Waals surface area (Å²) in [6.07, 6.45) is 0. The Morgan fingerprint density at radius 3 is 2.24 bits per heavy atom. The second-order valence-corrected chi connectivity index (χ2v) is 5.61. The van der Waals surface area contributed by atoms with Gasteiger partial charge in [0.2, 0.25) is 10.0 Å². The van der Waals surface area contributed by atoms with Crippen LogP contribution < -0.4 is 10.5 Å². The molecule has 94 valence electrons. The summed E-state index contributed by atoms with van der Waals surface area (Å²) in [5.41, 5.74) is 4.19. The van der Waals surface area contributed by atoms with Crippen molar-refractivity contribution in [3.05, 3.63) is 29.8 Å². The van der Waals surface area contributed by atoms with Gasteiger partial charge >= 0.3 is 5.97 Å². The lowest BCUT2D eigenvalue weighted by Crippen LogP contribution is -2.59. The number of aryl methyl sites for hydroxylation is 1. The zero-order valence-electron chi connectivity index (χ0n) is 9.47. The molecule has 0 heterocycles. The van der Waals surface area contributed by atoms with Crippen LogP contribution >= 0.6 is 0 Å². The third-order valence-electron chi connectivity index (χ3n) is 2.12. The highest BCUT2D eigenvalue weighted by Gasteiger charge is 2.33. The second kappa shape index (κ2) is 4.44. The lowest BCUT2D eigenvalue weighted by atomic mass is 10.2. The summed E-state index contributed by atoms with van der Waals surface area (Å²) in [5.74, 6) is -1.45. The van der Waals surface area contributed by atoms with Gasteiger partial charge in [-0.25, -0.2) is 13.2 Å². The van der Waals surface area contributed by atoms with Crippen LogP contribution in [0.3, 0.4) is 0 Å². The monoisotopic (exact) mass is 258 g/mol. The fourth-order valence-electron chi connectivity index (χ4n) is 1.10. The van der Waals surface area contributed by atoms with Gasteiger partial charge in [0.25, 0.3) is 0 Å². The smallest absolute Gasteiger partial charge is 0.339 e. The van der Waals surface area contributed by atoms with Crippen molar-refractivity contribution < 1.29 is 18.3 Å². The summed E-state index contributed by atoms with van der Waals surface area (Å²) in [6.45, 7) is 2.88. The van der Waals surface area contributed by atoms with E-state index >= 15 is 0 Å². The summed E-state index contributed by atoms with van der Waals surface area (Å²) in [5, 5.41) is 8.74. The number of benzene rings is 1. The van der Waals surface area contributed by atoms with Crippen LogP contribution in [0, 0.1) is 6.92 Å². The van der Waals surface area contributed by atoms with E-state index in [0.29, 0.717) is 0 Å². The molecule has 7 heteroatoms. The molecule has 1 aromatic rings. The molecule has 0 aliphatic rings. The fraction of sp³-hybridized carbons (Fsp3) is 0.300. The van der Waals surface area contributed by atoms with E-state index in [0.717, 1.165) is 12.5 Å². The molecule has 0 spiro atoms. The number of rotatable bonds is 4. The summed E-state index contributed by atoms with van der Waals surface area (Å²) in [7, 11) is -3.94. The largest absolute Gasteiger partial charge is 0.479 e. The summed E-state index contributed by atoms with van der Waals surface area (Å²) < 4.78 is 25.5. The topological polar surface area (TPSA) is 109 Å². The van der Waals surface area contributed by atoms with E-state index in [1.807, 2.05) is 11.6 Å². The van der Waals surface area contributed by atoms with Gasteiger partial charge in [-0.15, -0.1) is 0 Å². The molecule has 0 aromatic heterocycles. The Labute approximate surface area is 99.5 Å². The molecule has 0 radical (unpaired) electrons. The SMILES string of the molecule is Cc1ccc(S(=O)(=O)NC(C)(N)C(=O)O)cc1. The molecule has 0 bridgehead atoms. The van der Waals surface area contributed by atoms with Crippen LogP contribution in [0.4, 0.5) is 0 Å². The summed E-state index contributed by atoms with van der Waals surface area (Å²) in [6, 6.07) is 6.00. The lowest BCUT2D eigenvalue weighted by molar-refractivity contribution is -0.143. The van der Waals surface area contributed by atoms with Crippen molar-refractivity contribution in [1.82, 2.24) is 4.72 Å². The van der Waals surface area contributed by atoms with Gasteiger partial charge in [-0.3, -0.25) is 0 Å². The van der Waals surface area contributed by atoms with Gasteiger partial charge in [0, 0.05) is 0 Å². The van der Waals surface area contributed by atoms with Gasteiger partial charge in [-0.05, 0) is 26.0 Å². The summed E-state index contributed by atoms with van der Waals surface area (Å²) in [4.78, 5) is 10.7. The Bertz CT molecular complexity index is 520. The van der Waals surface area contributed by atoms with Crippen molar-refractivity contribution >= 4 is 16.0 Å². The Morgan fingerprint density at radius 1 is 1.35 bits per heavy atom. The van der Waals surface area contributed by atoms with Crippen molar-refractivity contribution in [2.24, 2.45) is 5.73 Å². The van der Waals surface area contributed by atoms with Gasteiger partial charge in [-0.1, -0.05) is 17.7 Å². The number of carboxylic acid groups (broad SMARTS) is 1. The first-order chi connectivity index (χ1) is 7.65. The fourth-order valence-corrected chi connectivity index (χ4v) is 2.36. The van der Waals surface area contributed by atoms with Crippen molar-refractivity contribution in [3.8, 4) is 0 Å². The molecule has 0 saturated heterocycles. The molecule has 1 aromatic carbocycles. The molecule has 1 unspecified atom stereocenters. The van der Waals surface area contributed by atoms with Crippen LogP contribution in [0.15, 0.2) is 29.2 Å². The number of nitrogens with two attached hydrogens (primary N) is 1. The summed E-state index contributed by atoms with van der Waals surface area (Å²) >= 11 is 0. The molecule has 0 aliphatic carbocycles. The van der Waals surface area contributed by atoms with E-state index in [9.17, 15) is 13.2 Å². The molecule has 1 rings (SSSR count). The van der Waals surface area contributed by atoms with E-state index in [1.54, 1.807) is 12.1 Å². The molecule has 6 nitrogen and oxygen atoms in total. The third kappa shape index (κ3) is 3.26. The quantitative estimate of drug-likeness (QED) is 0.660. The van der Waals surface area contributed by atoms with Gasteiger partial charge in [0.05, 0.1) is 4.90 Å². The minimum absolute atomic E-state index is 0.0268. The maximum atomic E-state index is 11.8. The van der Waals surface area contributed by atoms with E-state index in [-0.39, 0.29) is 4.90 Å². The molecular weight excluding hydrogens is 244 g/mol. The van der Waals surface area contributed by atoms with E-state index < -0.39 is 21.7 Å². The van der Waals surface area contributed by atoms with E-state index in [4.69, 9.17) is 10.8 Å². The standard InChI is InChI=1S/C10H14N2O4S/c1-7-3-5-8(6-4-7)17(15,16)12-10(2,11)9(13)14/h3-6,12H,11H2,1-2H3,(H,13,14). The number of sulfonamides is 1. The third-order valence-corrected chi connectivity index (χ3v) is 3.71. The van der Waals surface area contributed by atoms with Crippen LogP contribution in [0.5, 0.6) is 0 Å². The highest BCUT2D eigenvalue weighted by atomic mass is 32.2. The average Bonchev–Trinajstić information content (AvgIpc) is 2.16. The Balaban J connectivity index is 3.05. The zero-order chi connectivity index (χ0) is 13.3. The highest BCUT2D eigenvalue weighted by molar-refractivity contribution is 7.89. The first-order valence-electron chi connectivity index (χ1n) is 4.78. The van der Waals surface area contributed by atoms with Crippen LogP contribution in [-0.4, -0.2) is 25.2 Å². The predicted molar refractivity (Wildman–Crippen MR) is 61.7 cm³/mol. The normalized spacial score (nSPS) is 15.2. The Kier molecular flexibility index (Phi) is 3.56. The Hall–Kier alpha value is -1.44. The molecule has 0 fully saturated rings. The van der Waals surface area contributed by atoms with Gasteiger partial charge in [0.15, 0.2) is 5.66 Å². The van der Waals surface area contributed by atoms with Gasteiger partial charge < -0.3 is 10.8 Å². The minimum Gasteiger partial charge on any atom is -0.479 e. The van der Waals surface area contributed by atoms with Crippen molar-refractivity contribution in [1.29, 1.82) is 0 Å². The zero-order valence-corrected chi connectivity index (χ0v) is 10.3. The van der Waals surface area contributed by atoms with Crippen molar-refractivity contribution in [2.75, 3.05) is 0 Å². The van der Waals surface area contributed by atoms with Crippen LogP contribution in [-0.2, 0) is 14.8 Å². The predicted octanol–water partition coefficient (Wildman–Crippen LogP) is 0.0328. The first kappa shape index (κ1) is 13.6. The molecule has 1 atom stereocenters. The minimum atomic E-state index is -3.94. The van der Waals surface area contributed by atoms with Crippen molar-refractivity contribution in [3.63, 3.8) is 0 Å². The molecular formula is C10H14N2O4S. The Morgan fingerprint density at radius 2 is 1.82 bits per heavy atom. The van der Waals surface area contributed by atoms with Gasteiger partial charge in [-0.2, -0.15) is 4.72 Å². The average molecular weight is 258 g/mol. The lowest BCUT2D eigenvalue weighted by Gasteiger charge is -2.20. The second-order valence-electron chi connectivity index (χ2n) is 3.93. The van der Waals surface area contributed by atoms with E-state index in [1.165, 1.54) is 12.1 Å². The number of carboxylic acids is 1. The number of hydrogen-bond acceptors (Lipinski definition) is 4. The molecule has 0 amide bonds. The first-order valence-corrected chi connectivity index (χ1v) is 6.26. The molecule has 0 saturated carbocycles. The van der Waals surface area contributed by atoms with Gasteiger partial charge in [0.1, 0.15) is 0 Å². The maximum absolute atomic E-state index is 11.8. The van der Waals surface area contributed by atoms with Crippen LogP contribution in [0.2, 0.25) is 0 Å². The van der Waals surface area contributed by atoms with Crippen molar-refractivity contribution in [2.45, 2.75) is 24.4 Å². The number of nitrogens with one attached hydrogen (secondary N) is 1. The maximum Gasteiger partial charge on any atom is 0.339 e. The number of aliphatic carboxylic acids is 1. The molecule has 17 heavy (non-hydrogen) atoms. The van der Waals surface area contributed by atoms with Crippen LogP contribution in [0.25, 0.3) is 0 Å². The van der Waals surface area contributed by atoms with Crippen LogP contribution in [0.1, 0.15) is 12.5 Å². The number of carbonyl (C=O) groups is 1. The molecule has 4 N–H and O–H groups in total. The number of hydrogen-bond donors (Lipinski definition) is 3. The van der Waals surface area contributed by atoms with E-state index in [2.05, 4.69) is 0 Å². The highest BCUT2D eigenvalue weighted by Crippen LogP contribution is 2.12.